The Balaban J connectivity index is 2.52. The fourth-order valence-electron chi connectivity index (χ4n) is 2.29. The number of hydrogen-bond donors (Lipinski definition) is 2. The molecule has 0 aliphatic carbocycles. The molecule has 0 fully saturated rings. The van der Waals surface area contributed by atoms with E-state index in [1.165, 1.54) is 12.1 Å². The van der Waals surface area contributed by atoms with Crippen molar-refractivity contribution in [1.82, 2.24) is 15.2 Å². The van der Waals surface area contributed by atoms with Gasteiger partial charge in [-0.1, -0.05) is 13.0 Å². The van der Waals surface area contributed by atoms with Crippen molar-refractivity contribution in [2.75, 3.05) is 0 Å². The summed E-state index contributed by atoms with van der Waals surface area (Å²) in [7, 11) is 0. The number of rotatable bonds is 5. The maximum atomic E-state index is 13.5. The van der Waals surface area contributed by atoms with Gasteiger partial charge in [0.2, 0.25) is 0 Å². The van der Waals surface area contributed by atoms with Crippen molar-refractivity contribution in [2.24, 2.45) is 5.84 Å². The quantitative estimate of drug-likeness (QED) is 0.649. The number of halogens is 2. The van der Waals surface area contributed by atoms with Gasteiger partial charge in [0.05, 0.1) is 22.4 Å². The van der Waals surface area contributed by atoms with Gasteiger partial charge < -0.3 is 0 Å². The third kappa shape index (κ3) is 2.92. The molecule has 0 aliphatic heterocycles. The average Bonchev–Trinajstić information content (AvgIpc) is 2.77. The van der Waals surface area contributed by atoms with Crippen LogP contribution in [0, 0.1) is 12.7 Å². The Hall–Kier alpha value is -1.24. The van der Waals surface area contributed by atoms with Crippen LogP contribution >= 0.6 is 15.9 Å². The van der Waals surface area contributed by atoms with Gasteiger partial charge in [0.15, 0.2) is 0 Å². The number of aryl methyl sites for hydroxylation is 2. The van der Waals surface area contributed by atoms with Crippen molar-refractivity contribution in [3.63, 3.8) is 0 Å². The lowest BCUT2D eigenvalue weighted by atomic mass is 9.99. The molecule has 0 saturated carbocycles. The lowest BCUT2D eigenvalue weighted by Crippen LogP contribution is -2.31. The maximum absolute atomic E-state index is 13.5. The number of nitrogens with zero attached hydrogens (tertiary/aromatic N) is 2. The van der Waals surface area contributed by atoms with E-state index in [0.717, 1.165) is 34.3 Å². The van der Waals surface area contributed by atoms with Crippen molar-refractivity contribution in [3.05, 3.63) is 51.5 Å². The minimum Gasteiger partial charge on any atom is -0.271 e. The van der Waals surface area contributed by atoms with E-state index in [4.69, 9.17) is 5.84 Å². The van der Waals surface area contributed by atoms with E-state index in [2.05, 4.69) is 33.4 Å². The van der Waals surface area contributed by atoms with Crippen molar-refractivity contribution in [1.29, 1.82) is 0 Å². The molecule has 0 aliphatic rings. The molecule has 1 atom stereocenters. The third-order valence-electron chi connectivity index (χ3n) is 3.26. The van der Waals surface area contributed by atoms with Crippen LogP contribution in [0.2, 0.25) is 0 Å². The summed E-state index contributed by atoms with van der Waals surface area (Å²) < 4.78 is 16.3. The molecule has 1 aromatic carbocycles. The van der Waals surface area contributed by atoms with Gasteiger partial charge in [-0.05, 0) is 52.5 Å². The van der Waals surface area contributed by atoms with Gasteiger partial charge >= 0.3 is 0 Å². The number of nitrogens with two attached hydrogens (primary N) is 1. The average molecular weight is 341 g/mol. The van der Waals surface area contributed by atoms with Gasteiger partial charge in [-0.15, -0.1) is 0 Å². The van der Waals surface area contributed by atoms with Gasteiger partial charge in [-0.2, -0.15) is 5.10 Å². The highest BCUT2D eigenvalue weighted by molar-refractivity contribution is 9.10. The molecule has 1 heterocycles. The molecule has 0 saturated heterocycles. The Morgan fingerprint density at radius 1 is 1.50 bits per heavy atom. The third-order valence-corrected chi connectivity index (χ3v) is 3.87. The first-order valence-corrected chi connectivity index (χ1v) is 7.31. The molecule has 1 aromatic heterocycles. The first kappa shape index (κ1) is 15.2. The second-order valence-corrected chi connectivity index (χ2v) is 5.56. The Kier molecular flexibility index (Phi) is 4.91. The molecule has 4 nitrogen and oxygen atoms in total. The molecule has 2 rings (SSSR count). The maximum Gasteiger partial charge on any atom is 0.123 e. The summed E-state index contributed by atoms with van der Waals surface area (Å²) in [6.45, 7) is 4.80. The summed E-state index contributed by atoms with van der Waals surface area (Å²) in [6.07, 6.45) is 2.70. The smallest absolute Gasteiger partial charge is 0.123 e. The molecule has 3 N–H and O–H groups in total. The molecule has 0 bridgehead atoms. The summed E-state index contributed by atoms with van der Waals surface area (Å²) in [5.74, 6) is 5.44. The van der Waals surface area contributed by atoms with Gasteiger partial charge in [0.1, 0.15) is 5.82 Å². The van der Waals surface area contributed by atoms with Gasteiger partial charge in [-0.25, -0.2) is 9.82 Å². The monoisotopic (exact) mass is 340 g/mol. The van der Waals surface area contributed by atoms with Crippen LogP contribution < -0.4 is 11.3 Å². The standard InChI is InChI=1S/C14H18BrFN4/c1-3-6-20-14(12(15)8-18-20)13(19-17)11-7-10(16)5-4-9(11)2/h4-5,7-8,13,19H,3,6,17H2,1-2H3. The molecule has 6 heteroatoms. The lowest BCUT2D eigenvalue weighted by Gasteiger charge is -2.20. The molecule has 2 aromatic rings. The molecule has 0 spiro atoms. The number of hydrogen-bond acceptors (Lipinski definition) is 3. The van der Waals surface area contributed by atoms with E-state index in [0.29, 0.717) is 0 Å². The molecule has 1 unspecified atom stereocenters. The Bertz CT molecular complexity index is 597. The van der Waals surface area contributed by atoms with Crippen LogP contribution in [0.5, 0.6) is 0 Å². The zero-order valence-corrected chi connectivity index (χ0v) is 13.1. The first-order chi connectivity index (χ1) is 9.58. The van der Waals surface area contributed by atoms with Crippen LogP contribution in [0.1, 0.15) is 36.2 Å². The second kappa shape index (κ2) is 6.47. The van der Waals surface area contributed by atoms with Gasteiger partial charge in [0, 0.05) is 6.54 Å². The minimum absolute atomic E-state index is 0.275. The number of aromatic nitrogens is 2. The molecular weight excluding hydrogens is 323 g/mol. The highest BCUT2D eigenvalue weighted by atomic mass is 79.9. The summed E-state index contributed by atoms with van der Waals surface area (Å²) in [4.78, 5) is 0. The fourth-order valence-corrected chi connectivity index (χ4v) is 2.81. The minimum atomic E-state index is -0.311. The first-order valence-electron chi connectivity index (χ1n) is 6.51. The largest absolute Gasteiger partial charge is 0.271 e. The fraction of sp³-hybridized carbons (Fsp3) is 0.357. The van der Waals surface area contributed by atoms with Gasteiger partial charge in [-0.3, -0.25) is 10.5 Å². The summed E-state index contributed by atoms with van der Waals surface area (Å²) >= 11 is 3.50. The zero-order valence-electron chi connectivity index (χ0n) is 11.5. The lowest BCUT2D eigenvalue weighted by molar-refractivity contribution is 0.516. The van der Waals surface area contributed by atoms with E-state index >= 15 is 0 Å². The predicted molar refractivity (Wildman–Crippen MR) is 80.5 cm³/mol. The van der Waals surface area contributed by atoms with Crippen LogP contribution in [-0.2, 0) is 6.54 Å². The van der Waals surface area contributed by atoms with Crippen LogP contribution in [0.15, 0.2) is 28.9 Å². The number of benzene rings is 1. The second-order valence-electron chi connectivity index (χ2n) is 4.70. The predicted octanol–water partition coefficient (Wildman–Crippen LogP) is 3.06. The molecule has 108 valence electrons. The van der Waals surface area contributed by atoms with E-state index < -0.39 is 0 Å². The molecule has 20 heavy (non-hydrogen) atoms. The van der Waals surface area contributed by atoms with E-state index in [1.54, 1.807) is 12.3 Å². The summed E-state index contributed by atoms with van der Waals surface area (Å²) in [6, 6.07) is 4.40. The normalized spacial score (nSPS) is 12.7. The van der Waals surface area contributed by atoms with Crippen molar-refractivity contribution < 1.29 is 4.39 Å². The van der Waals surface area contributed by atoms with Crippen molar-refractivity contribution in [3.8, 4) is 0 Å². The van der Waals surface area contributed by atoms with Gasteiger partial charge in [0.25, 0.3) is 0 Å². The topological polar surface area (TPSA) is 55.9 Å². The highest BCUT2D eigenvalue weighted by Crippen LogP contribution is 2.30. The van der Waals surface area contributed by atoms with Crippen LogP contribution in [0.3, 0.4) is 0 Å². The summed E-state index contributed by atoms with van der Waals surface area (Å²) in [5, 5.41) is 4.33. The van der Waals surface area contributed by atoms with E-state index in [1.807, 2.05) is 11.6 Å². The Morgan fingerprint density at radius 3 is 2.90 bits per heavy atom. The van der Waals surface area contributed by atoms with Crippen molar-refractivity contribution >= 4 is 15.9 Å². The van der Waals surface area contributed by atoms with Crippen LogP contribution in [0.25, 0.3) is 0 Å². The SMILES string of the molecule is CCCn1ncc(Br)c1C(NN)c1cc(F)ccc1C. The van der Waals surface area contributed by atoms with E-state index in [-0.39, 0.29) is 11.9 Å². The zero-order chi connectivity index (χ0) is 14.7. The number of nitrogens with one attached hydrogen (secondary N) is 1. The van der Waals surface area contributed by atoms with Crippen LogP contribution in [-0.4, -0.2) is 9.78 Å². The molecule has 0 radical (unpaired) electrons. The van der Waals surface area contributed by atoms with E-state index in [9.17, 15) is 4.39 Å². The Labute approximate surface area is 126 Å². The Morgan fingerprint density at radius 2 is 2.25 bits per heavy atom. The summed E-state index contributed by atoms with van der Waals surface area (Å²) in [5.41, 5.74) is 5.47. The molecular formula is C14H18BrFN4. The van der Waals surface area contributed by atoms with Crippen LogP contribution in [0.4, 0.5) is 4.39 Å². The van der Waals surface area contributed by atoms with Crippen molar-refractivity contribution in [2.45, 2.75) is 32.9 Å². The highest BCUT2D eigenvalue weighted by Gasteiger charge is 2.22. The molecule has 0 amide bonds. The number of hydrazine groups is 1.